The van der Waals surface area contributed by atoms with Gasteiger partial charge in [-0.05, 0) is 30.5 Å². The maximum absolute atomic E-state index is 5.64. The van der Waals surface area contributed by atoms with Crippen molar-refractivity contribution < 1.29 is 9.47 Å². The van der Waals surface area contributed by atoms with Crippen molar-refractivity contribution in [3.63, 3.8) is 0 Å². The van der Waals surface area contributed by atoms with Crippen LogP contribution in [0.2, 0.25) is 0 Å². The molecular weight excluding hydrogens is 252 g/mol. The molecule has 0 aliphatic carbocycles. The van der Waals surface area contributed by atoms with Crippen LogP contribution in [0.1, 0.15) is 38.4 Å². The number of methoxy groups -OCH3 is 1. The summed E-state index contributed by atoms with van der Waals surface area (Å²) in [5, 5.41) is 3.46. The molecule has 0 radical (unpaired) electrons. The predicted octanol–water partition coefficient (Wildman–Crippen LogP) is 2.80. The number of rotatable bonds is 10. The van der Waals surface area contributed by atoms with E-state index in [1.807, 2.05) is 6.07 Å². The van der Waals surface area contributed by atoms with Crippen molar-refractivity contribution in [2.24, 2.45) is 5.92 Å². The van der Waals surface area contributed by atoms with Gasteiger partial charge < -0.3 is 14.8 Å². The van der Waals surface area contributed by atoms with Crippen molar-refractivity contribution in [1.82, 2.24) is 10.3 Å². The number of hydrogen-bond acceptors (Lipinski definition) is 4. The van der Waals surface area contributed by atoms with E-state index in [0.717, 1.165) is 31.6 Å². The first-order valence-corrected chi connectivity index (χ1v) is 7.48. The number of nitrogens with zero attached hydrogens (tertiary/aromatic N) is 1. The van der Waals surface area contributed by atoms with Gasteiger partial charge in [0.1, 0.15) is 6.61 Å². The standard InChI is InChI=1S/C16H28N2O2/c1-5-6-15-9-14(12-17-11-13(2)3)10-16(18-15)20-8-7-19-4/h9-10,13,17H,5-8,11-12H2,1-4H3. The smallest absolute Gasteiger partial charge is 0.213 e. The Morgan fingerprint density at radius 3 is 2.70 bits per heavy atom. The highest BCUT2D eigenvalue weighted by Gasteiger charge is 2.04. The topological polar surface area (TPSA) is 43.4 Å². The summed E-state index contributed by atoms with van der Waals surface area (Å²) in [5.41, 5.74) is 2.33. The van der Waals surface area contributed by atoms with Gasteiger partial charge >= 0.3 is 0 Å². The third kappa shape index (κ3) is 6.87. The van der Waals surface area contributed by atoms with Crippen LogP contribution in [0.5, 0.6) is 5.88 Å². The van der Waals surface area contributed by atoms with Gasteiger partial charge in [-0.3, -0.25) is 0 Å². The first-order valence-electron chi connectivity index (χ1n) is 7.48. The molecule has 114 valence electrons. The lowest BCUT2D eigenvalue weighted by atomic mass is 10.1. The summed E-state index contributed by atoms with van der Waals surface area (Å²) in [4.78, 5) is 4.53. The minimum Gasteiger partial charge on any atom is -0.475 e. The van der Waals surface area contributed by atoms with E-state index in [1.165, 1.54) is 5.56 Å². The molecule has 0 saturated carbocycles. The number of ether oxygens (including phenoxy) is 2. The second-order valence-corrected chi connectivity index (χ2v) is 5.42. The van der Waals surface area contributed by atoms with Crippen LogP contribution in [-0.4, -0.2) is 31.9 Å². The molecule has 0 saturated heterocycles. The van der Waals surface area contributed by atoms with E-state index in [9.17, 15) is 0 Å². The Bertz CT molecular complexity index is 381. The second kappa shape index (κ2) is 9.72. The lowest BCUT2D eigenvalue weighted by molar-refractivity contribution is 0.143. The number of nitrogens with one attached hydrogen (secondary N) is 1. The van der Waals surface area contributed by atoms with E-state index in [1.54, 1.807) is 7.11 Å². The Hall–Kier alpha value is -1.13. The Kier molecular flexibility index (Phi) is 8.23. The van der Waals surface area contributed by atoms with Gasteiger partial charge in [-0.25, -0.2) is 4.98 Å². The molecule has 0 amide bonds. The largest absolute Gasteiger partial charge is 0.475 e. The van der Waals surface area contributed by atoms with Crippen molar-refractivity contribution in [2.45, 2.75) is 40.2 Å². The van der Waals surface area contributed by atoms with Gasteiger partial charge in [0, 0.05) is 25.4 Å². The van der Waals surface area contributed by atoms with Gasteiger partial charge in [-0.15, -0.1) is 0 Å². The summed E-state index contributed by atoms with van der Waals surface area (Å²) in [5.74, 6) is 1.36. The molecule has 0 aliphatic rings. The van der Waals surface area contributed by atoms with Crippen molar-refractivity contribution in [1.29, 1.82) is 0 Å². The zero-order chi connectivity index (χ0) is 14.8. The molecule has 0 aromatic carbocycles. The van der Waals surface area contributed by atoms with Crippen LogP contribution in [0.15, 0.2) is 12.1 Å². The van der Waals surface area contributed by atoms with Crippen molar-refractivity contribution in [3.8, 4) is 5.88 Å². The minimum absolute atomic E-state index is 0.540. The molecule has 1 heterocycles. The van der Waals surface area contributed by atoms with Crippen molar-refractivity contribution >= 4 is 0 Å². The normalized spacial score (nSPS) is 11.1. The summed E-state index contributed by atoms with van der Waals surface area (Å²) < 4.78 is 10.6. The van der Waals surface area contributed by atoms with Crippen molar-refractivity contribution in [3.05, 3.63) is 23.4 Å². The molecule has 0 spiro atoms. The highest BCUT2D eigenvalue weighted by atomic mass is 16.5. The van der Waals surface area contributed by atoms with Crippen LogP contribution in [0.3, 0.4) is 0 Å². The molecule has 0 aliphatic heterocycles. The maximum Gasteiger partial charge on any atom is 0.213 e. The summed E-state index contributed by atoms with van der Waals surface area (Å²) in [6.07, 6.45) is 2.08. The number of pyridine rings is 1. The van der Waals surface area contributed by atoms with Gasteiger partial charge in [0.25, 0.3) is 0 Å². The Balaban J connectivity index is 2.65. The fraction of sp³-hybridized carbons (Fsp3) is 0.688. The van der Waals surface area contributed by atoms with Gasteiger partial charge in [0.05, 0.1) is 6.61 Å². The SMILES string of the molecule is CCCc1cc(CNCC(C)C)cc(OCCOC)n1. The van der Waals surface area contributed by atoms with Crippen LogP contribution in [0.25, 0.3) is 0 Å². The van der Waals surface area contributed by atoms with E-state index in [2.05, 4.69) is 37.1 Å². The third-order valence-corrected chi connectivity index (χ3v) is 2.84. The minimum atomic E-state index is 0.540. The Labute approximate surface area is 122 Å². The molecule has 20 heavy (non-hydrogen) atoms. The Morgan fingerprint density at radius 1 is 1.25 bits per heavy atom. The van der Waals surface area contributed by atoms with Crippen LogP contribution >= 0.6 is 0 Å². The van der Waals surface area contributed by atoms with Gasteiger partial charge in [0.15, 0.2) is 0 Å². The molecule has 1 aromatic heterocycles. The summed E-state index contributed by atoms with van der Waals surface area (Å²) in [6, 6.07) is 4.18. The highest BCUT2D eigenvalue weighted by Crippen LogP contribution is 2.14. The fourth-order valence-electron chi connectivity index (χ4n) is 1.92. The average Bonchev–Trinajstić information content (AvgIpc) is 2.39. The molecule has 1 rings (SSSR count). The van der Waals surface area contributed by atoms with Gasteiger partial charge in [0.2, 0.25) is 5.88 Å². The lowest BCUT2D eigenvalue weighted by Crippen LogP contribution is -2.19. The van der Waals surface area contributed by atoms with Crippen LogP contribution in [-0.2, 0) is 17.7 Å². The van der Waals surface area contributed by atoms with Gasteiger partial charge in [-0.2, -0.15) is 0 Å². The zero-order valence-corrected chi connectivity index (χ0v) is 13.2. The number of hydrogen-bond donors (Lipinski definition) is 1. The molecule has 4 heteroatoms. The molecule has 0 bridgehead atoms. The first-order chi connectivity index (χ1) is 9.65. The molecule has 0 fully saturated rings. The monoisotopic (exact) mass is 280 g/mol. The van der Waals surface area contributed by atoms with Gasteiger partial charge in [-0.1, -0.05) is 27.2 Å². The van der Waals surface area contributed by atoms with E-state index in [0.29, 0.717) is 25.0 Å². The second-order valence-electron chi connectivity index (χ2n) is 5.42. The number of aryl methyl sites for hydroxylation is 1. The average molecular weight is 280 g/mol. The molecule has 1 N–H and O–H groups in total. The molecule has 0 unspecified atom stereocenters. The molecule has 1 aromatic rings. The molecule has 4 nitrogen and oxygen atoms in total. The fourth-order valence-corrected chi connectivity index (χ4v) is 1.92. The Morgan fingerprint density at radius 2 is 2.05 bits per heavy atom. The summed E-state index contributed by atoms with van der Waals surface area (Å²) in [6.45, 7) is 9.58. The quantitative estimate of drug-likeness (QED) is 0.669. The maximum atomic E-state index is 5.64. The number of aromatic nitrogens is 1. The van der Waals surface area contributed by atoms with E-state index >= 15 is 0 Å². The summed E-state index contributed by atoms with van der Waals surface area (Å²) >= 11 is 0. The zero-order valence-electron chi connectivity index (χ0n) is 13.2. The van der Waals surface area contributed by atoms with Crippen LogP contribution < -0.4 is 10.1 Å². The first kappa shape index (κ1) is 16.9. The van der Waals surface area contributed by atoms with E-state index < -0.39 is 0 Å². The summed E-state index contributed by atoms with van der Waals surface area (Å²) in [7, 11) is 1.67. The molecule has 0 atom stereocenters. The van der Waals surface area contributed by atoms with Crippen molar-refractivity contribution in [2.75, 3.05) is 26.9 Å². The van der Waals surface area contributed by atoms with E-state index in [-0.39, 0.29) is 0 Å². The highest BCUT2D eigenvalue weighted by molar-refractivity contribution is 5.25. The third-order valence-electron chi connectivity index (χ3n) is 2.84. The predicted molar refractivity (Wildman–Crippen MR) is 82.1 cm³/mol. The van der Waals surface area contributed by atoms with E-state index in [4.69, 9.17) is 9.47 Å². The van der Waals surface area contributed by atoms with Crippen LogP contribution in [0, 0.1) is 5.92 Å². The molecular formula is C16H28N2O2. The lowest BCUT2D eigenvalue weighted by Gasteiger charge is -2.11. The van der Waals surface area contributed by atoms with Crippen LogP contribution in [0.4, 0.5) is 0 Å².